The average molecular weight is 301 g/mol. The van der Waals surface area contributed by atoms with Crippen molar-refractivity contribution in [3.05, 3.63) is 35.5 Å². The lowest BCUT2D eigenvalue weighted by Gasteiger charge is -2.25. The molecule has 1 aliphatic rings. The quantitative estimate of drug-likeness (QED) is 0.777. The molecule has 4 amide bonds. The fourth-order valence-corrected chi connectivity index (χ4v) is 1.99. The number of nitrogens with zero attached hydrogens (tertiary/aromatic N) is 1. The lowest BCUT2D eigenvalue weighted by atomic mass is 10.1. The number of amides is 4. The highest BCUT2D eigenvalue weighted by atomic mass is 16.2. The van der Waals surface area contributed by atoms with Gasteiger partial charge in [0.15, 0.2) is 0 Å². The summed E-state index contributed by atoms with van der Waals surface area (Å²) in [5.74, 6) is -1.63. The van der Waals surface area contributed by atoms with Crippen molar-refractivity contribution in [3.63, 3.8) is 0 Å². The van der Waals surface area contributed by atoms with Crippen LogP contribution in [0.4, 0.5) is 5.69 Å². The smallest absolute Gasteiger partial charge is 0.277 e. The highest BCUT2D eigenvalue weighted by Crippen LogP contribution is 2.14. The normalized spacial score (nSPS) is 16.5. The molecule has 1 heterocycles. The number of imide groups is 1. The highest BCUT2D eigenvalue weighted by Gasteiger charge is 2.30. The maximum absolute atomic E-state index is 12.1. The molecule has 1 fully saturated rings. The molecule has 7 nitrogen and oxygen atoms in total. The molecule has 2 rings (SSSR count). The Balaban J connectivity index is 2.23. The summed E-state index contributed by atoms with van der Waals surface area (Å²) < 4.78 is 0. The molecule has 0 unspecified atom stereocenters. The third-order valence-electron chi connectivity index (χ3n) is 2.97. The number of anilines is 1. The summed E-state index contributed by atoms with van der Waals surface area (Å²) >= 11 is 0. The number of rotatable bonds is 2. The highest BCUT2D eigenvalue weighted by molar-refractivity contribution is 6.12. The first-order valence-electron chi connectivity index (χ1n) is 6.58. The minimum absolute atomic E-state index is 0.0405. The first kappa shape index (κ1) is 15.4. The molecule has 1 aliphatic heterocycles. The van der Waals surface area contributed by atoms with Crippen molar-refractivity contribution >= 4 is 35.4 Å². The van der Waals surface area contributed by atoms with E-state index in [2.05, 4.69) is 10.6 Å². The molecule has 0 bridgehead atoms. The van der Waals surface area contributed by atoms with Gasteiger partial charge in [0, 0.05) is 19.5 Å². The first-order chi connectivity index (χ1) is 10.4. The molecule has 0 atom stereocenters. The van der Waals surface area contributed by atoms with Crippen molar-refractivity contribution in [3.8, 4) is 0 Å². The Morgan fingerprint density at radius 2 is 1.82 bits per heavy atom. The third-order valence-corrected chi connectivity index (χ3v) is 2.97. The standard InChI is InChI=1S/C15H15N3O4/c1-9(19)16-12-5-3-11(4-6-12)7-13-15(22)18(10(2)20)8-14(21)17-13/h3-7H,8H2,1-2H3,(H,16,19)(H,17,21). The Morgan fingerprint density at radius 3 is 2.36 bits per heavy atom. The van der Waals surface area contributed by atoms with Crippen LogP contribution in [-0.4, -0.2) is 35.1 Å². The van der Waals surface area contributed by atoms with E-state index in [0.29, 0.717) is 11.3 Å². The van der Waals surface area contributed by atoms with Crippen molar-refractivity contribution < 1.29 is 19.2 Å². The lowest BCUT2D eigenvalue weighted by molar-refractivity contribution is -0.147. The molecule has 0 saturated carbocycles. The van der Waals surface area contributed by atoms with Crippen molar-refractivity contribution in [2.24, 2.45) is 0 Å². The Bertz CT molecular complexity index is 677. The first-order valence-corrected chi connectivity index (χ1v) is 6.58. The molecule has 22 heavy (non-hydrogen) atoms. The van der Waals surface area contributed by atoms with Crippen molar-refractivity contribution in [1.29, 1.82) is 0 Å². The molecule has 7 heteroatoms. The van der Waals surface area contributed by atoms with Crippen LogP contribution in [0.2, 0.25) is 0 Å². The molecule has 0 radical (unpaired) electrons. The van der Waals surface area contributed by atoms with Gasteiger partial charge in [0.05, 0.1) is 0 Å². The number of carbonyl (C=O) groups is 4. The zero-order valence-corrected chi connectivity index (χ0v) is 12.2. The van der Waals surface area contributed by atoms with Crippen molar-refractivity contribution in [2.75, 3.05) is 11.9 Å². The summed E-state index contributed by atoms with van der Waals surface area (Å²) in [6.45, 7) is 2.37. The number of hydrogen-bond acceptors (Lipinski definition) is 4. The van der Waals surface area contributed by atoms with Gasteiger partial charge in [-0.05, 0) is 23.8 Å². The Labute approximate surface area is 127 Å². The van der Waals surface area contributed by atoms with Crippen LogP contribution in [0, 0.1) is 0 Å². The van der Waals surface area contributed by atoms with Crippen LogP contribution in [0.5, 0.6) is 0 Å². The van der Waals surface area contributed by atoms with E-state index in [1.807, 2.05) is 0 Å². The van der Waals surface area contributed by atoms with Crippen LogP contribution >= 0.6 is 0 Å². The monoisotopic (exact) mass is 301 g/mol. The fourth-order valence-electron chi connectivity index (χ4n) is 1.99. The largest absolute Gasteiger partial charge is 0.326 e. The summed E-state index contributed by atoms with van der Waals surface area (Å²) in [5.41, 5.74) is 1.32. The van der Waals surface area contributed by atoms with Crippen LogP contribution in [0.25, 0.3) is 6.08 Å². The molecule has 114 valence electrons. The summed E-state index contributed by atoms with van der Waals surface area (Å²) in [6.07, 6.45) is 1.48. The molecule has 1 saturated heterocycles. The van der Waals surface area contributed by atoms with Gasteiger partial charge in [-0.2, -0.15) is 0 Å². The van der Waals surface area contributed by atoms with Gasteiger partial charge >= 0.3 is 0 Å². The molecular weight excluding hydrogens is 286 g/mol. The van der Waals surface area contributed by atoms with Gasteiger partial charge in [0.2, 0.25) is 17.7 Å². The lowest BCUT2D eigenvalue weighted by Crippen LogP contribution is -2.51. The second kappa shape index (κ2) is 6.21. The van der Waals surface area contributed by atoms with E-state index in [9.17, 15) is 19.2 Å². The van der Waals surface area contributed by atoms with Crippen LogP contribution in [0.1, 0.15) is 19.4 Å². The van der Waals surface area contributed by atoms with Crippen molar-refractivity contribution in [1.82, 2.24) is 10.2 Å². The van der Waals surface area contributed by atoms with Crippen LogP contribution in [0.3, 0.4) is 0 Å². The van der Waals surface area contributed by atoms with E-state index in [0.717, 1.165) is 4.90 Å². The van der Waals surface area contributed by atoms with E-state index in [1.165, 1.54) is 19.9 Å². The van der Waals surface area contributed by atoms with Gasteiger partial charge < -0.3 is 10.6 Å². The topological polar surface area (TPSA) is 95.6 Å². The Morgan fingerprint density at radius 1 is 1.18 bits per heavy atom. The van der Waals surface area contributed by atoms with Gasteiger partial charge in [-0.15, -0.1) is 0 Å². The Kier molecular flexibility index (Phi) is 4.36. The molecule has 1 aromatic rings. The minimum atomic E-state index is -0.543. The van der Waals surface area contributed by atoms with Gasteiger partial charge in [0.25, 0.3) is 5.91 Å². The minimum Gasteiger partial charge on any atom is -0.326 e. The van der Waals surface area contributed by atoms with Gasteiger partial charge in [0.1, 0.15) is 12.2 Å². The number of hydrogen-bond donors (Lipinski definition) is 2. The zero-order valence-electron chi connectivity index (χ0n) is 12.2. The van der Waals surface area contributed by atoms with E-state index in [1.54, 1.807) is 24.3 Å². The number of nitrogens with one attached hydrogen (secondary N) is 2. The maximum Gasteiger partial charge on any atom is 0.277 e. The molecule has 0 spiro atoms. The third kappa shape index (κ3) is 3.57. The Hall–Kier alpha value is -2.96. The average Bonchev–Trinajstić information content (AvgIpc) is 2.43. The van der Waals surface area contributed by atoms with E-state index in [-0.39, 0.29) is 18.1 Å². The second-order valence-corrected chi connectivity index (χ2v) is 4.82. The predicted octanol–water partition coefficient (Wildman–Crippen LogP) is 0.491. The SMILES string of the molecule is CC(=O)Nc1ccc(C=C2NC(=O)CN(C(C)=O)C2=O)cc1. The summed E-state index contributed by atoms with van der Waals surface area (Å²) in [7, 11) is 0. The summed E-state index contributed by atoms with van der Waals surface area (Å²) in [6, 6.07) is 6.71. The van der Waals surface area contributed by atoms with Gasteiger partial charge in [-0.25, -0.2) is 0 Å². The molecular formula is C15H15N3O4. The number of carbonyl (C=O) groups excluding carboxylic acids is 4. The number of piperazine rings is 1. The fraction of sp³-hybridized carbons (Fsp3) is 0.200. The van der Waals surface area contributed by atoms with Gasteiger partial charge in [-0.3, -0.25) is 24.1 Å². The van der Waals surface area contributed by atoms with E-state index in [4.69, 9.17) is 0 Å². The van der Waals surface area contributed by atoms with Crippen molar-refractivity contribution in [2.45, 2.75) is 13.8 Å². The van der Waals surface area contributed by atoms with Crippen LogP contribution < -0.4 is 10.6 Å². The second-order valence-electron chi connectivity index (χ2n) is 4.82. The summed E-state index contributed by atoms with van der Waals surface area (Å²) in [5, 5.41) is 5.08. The van der Waals surface area contributed by atoms with Crippen LogP contribution in [-0.2, 0) is 19.2 Å². The molecule has 0 aliphatic carbocycles. The van der Waals surface area contributed by atoms with E-state index >= 15 is 0 Å². The molecule has 2 N–H and O–H groups in total. The van der Waals surface area contributed by atoms with Gasteiger partial charge in [-0.1, -0.05) is 12.1 Å². The molecule has 1 aromatic carbocycles. The number of benzene rings is 1. The molecule has 0 aromatic heterocycles. The maximum atomic E-state index is 12.1. The van der Waals surface area contributed by atoms with E-state index < -0.39 is 17.7 Å². The predicted molar refractivity (Wildman–Crippen MR) is 79.3 cm³/mol. The zero-order chi connectivity index (χ0) is 16.3. The van der Waals surface area contributed by atoms with Crippen LogP contribution in [0.15, 0.2) is 30.0 Å². The summed E-state index contributed by atoms with van der Waals surface area (Å²) in [4.78, 5) is 46.8.